The summed E-state index contributed by atoms with van der Waals surface area (Å²) in [5, 5.41) is 2.66. The van der Waals surface area contributed by atoms with Crippen molar-refractivity contribution in [2.75, 3.05) is 6.61 Å². The fraction of sp³-hybridized carbons (Fsp3) is 0.211. The van der Waals surface area contributed by atoms with Gasteiger partial charge in [0, 0.05) is 31.7 Å². The van der Waals surface area contributed by atoms with Gasteiger partial charge in [0.1, 0.15) is 5.56 Å². The Morgan fingerprint density at radius 2 is 1.86 bits per heavy atom. The van der Waals surface area contributed by atoms with Crippen LogP contribution in [0.1, 0.15) is 21.5 Å². The van der Waals surface area contributed by atoms with Gasteiger partial charge in [-0.3, -0.25) is 4.79 Å². The summed E-state index contributed by atoms with van der Waals surface area (Å²) in [5.74, 6) is -0.916. The molecule has 146 valence electrons. The number of hydrogen-bond acceptors (Lipinski definition) is 4. The highest BCUT2D eigenvalue weighted by Gasteiger charge is 2.29. The first-order chi connectivity index (χ1) is 13.4. The lowest BCUT2D eigenvalue weighted by Gasteiger charge is -2.12. The quantitative estimate of drug-likeness (QED) is 0.673. The van der Waals surface area contributed by atoms with Crippen molar-refractivity contribution in [1.82, 2.24) is 19.9 Å². The van der Waals surface area contributed by atoms with Crippen LogP contribution in [0.15, 0.2) is 61.3 Å². The standard InChI is InChI=1S/C19H17F3N4O2/c20-19(21,22)12-28-18-16(2-1-7-24-18)17(27)25-10-14-3-5-15(6-4-14)11-26-9-8-23-13-26/h1-9,13H,10-12H2,(H,25,27). The van der Waals surface area contributed by atoms with E-state index in [4.69, 9.17) is 0 Å². The van der Waals surface area contributed by atoms with Crippen molar-refractivity contribution in [3.05, 3.63) is 78.0 Å². The van der Waals surface area contributed by atoms with Crippen LogP contribution in [0.2, 0.25) is 0 Å². The van der Waals surface area contributed by atoms with Crippen molar-refractivity contribution in [3.8, 4) is 5.88 Å². The number of rotatable bonds is 7. The number of benzene rings is 1. The number of imidazole rings is 1. The van der Waals surface area contributed by atoms with Crippen LogP contribution < -0.4 is 10.1 Å². The van der Waals surface area contributed by atoms with E-state index in [1.807, 2.05) is 35.0 Å². The Balaban J connectivity index is 1.58. The molecule has 1 aromatic carbocycles. The smallest absolute Gasteiger partial charge is 0.422 e. The molecule has 0 aliphatic heterocycles. The van der Waals surface area contributed by atoms with Gasteiger partial charge >= 0.3 is 6.18 Å². The number of nitrogens with one attached hydrogen (secondary N) is 1. The Morgan fingerprint density at radius 1 is 1.11 bits per heavy atom. The summed E-state index contributed by atoms with van der Waals surface area (Å²) in [4.78, 5) is 20.0. The molecule has 0 unspecified atom stereocenters. The van der Waals surface area contributed by atoms with Crippen LogP contribution in [0, 0.1) is 0 Å². The molecule has 0 radical (unpaired) electrons. The van der Waals surface area contributed by atoms with Gasteiger partial charge in [-0.1, -0.05) is 24.3 Å². The molecule has 0 bridgehead atoms. The molecular weight excluding hydrogens is 373 g/mol. The van der Waals surface area contributed by atoms with Gasteiger partial charge in [0.25, 0.3) is 5.91 Å². The van der Waals surface area contributed by atoms with E-state index in [-0.39, 0.29) is 18.0 Å². The highest BCUT2D eigenvalue weighted by Crippen LogP contribution is 2.20. The zero-order valence-corrected chi connectivity index (χ0v) is 14.7. The molecule has 0 saturated heterocycles. The van der Waals surface area contributed by atoms with E-state index in [9.17, 15) is 18.0 Å². The topological polar surface area (TPSA) is 69.0 Å². The molecule has 2 heterocycles. The molecule has 1 amide bonds. The monoisotopic (exact) mass is 390 g/mol. The van der Waals surface area contributed by atoms with Gasteiger partial charge in [0.2, 0.25) is 5.88 Å². The largest absolute Gasteiger partial charge is 0.467 e. The summed E-state index contributed by atoms with van der Waals surface area (Å²) in [6, 6.07) is 10.4. The fourth-order valence-electron chi connectivity index (χ4n) is 2.46. The van der Waals surface area contributed by atoms with E-state index >= 15 is 0 Å². The van der Waals surface area contributed by atoms with Gasteiger partial charge < -0.3 is 14.6 Å². The minimum absolute atomic E-state index is 0.0523. The highest BCUT2D eigenvalue weighted by molar-refractivity contribution is 5.96. The van der Waals surface area contributed by atoms with E-state index in [1.54, 1.807) is 12.5 Å². The number of nitrogens with zero attached hydrogens (tertiary/aromatic N) is 3. The molecule has 0 spiro atoms. The Labute approximate surface area is 159 Å². The molecule has 0 aliphatic rings. The molecule has 28 heavy (non-hydrogen) atoms. The number of aromatic nitrogens is 3. The SMILES string of the molecule is O=C(NCc1ccc(Cn2ccnc2)cc1)c1cccnc1OCC(F)(F)F. The van der Waals surface area contributed by atoms with Crippen LogP contribution in [0.4, 0.5) is 13.2 Å². The Kier molecular flexibility index (Phi) is 5.93. The lowest BCUT2D eigenvalue weighted by atomic mass is 10.1. The second-order valence-electron chi connectivity index (χ2n) is 5.99. The van der Waals surface area contributed by atoms with Gasteiger partial charge in [-0.15, -0.1) is 0 Å². The normalized spacial score (nSPS) is 11.2. The van der Waals surface area contributed by atoms with E-state index in [2.05, 4.69) is 20.0 Å². The maximum atomic E-state index is 12.3. The van der Waals surface area contributed by atoms with Crippen molar-refractivity contribution in [2.45, 2.75) is 19.3 Å². The van der Waals surface area contributed by atoms with E-state index in [1.165, 1.54) is 18.3 Å². The van der Waals surface area contributed by atoms with Crippen LogP contribution in [-0.2, 0) is 13.1 Å². The number of hydrogen-bond donors (Lipinski definition) is 1. The minimum atomic E-state index is -4.51. The first-order valence-electron chi connectivity index (χ1n) is 8.37. The third kappa shape index (κ3) is 5.57. The second-order valence-corrected chi connectivity index (χ2v) is 5.99. The summed E-state index contributed by atoms with van der Waals surface area (Å²) >= 11 is 0. The third-order valence-corrected chi connectivity index (χ3v) is 3.79. The Hall–Kier alpha value is -3.36. The Morgan fingerprint density at radius 3 is 2.54 bits per heavy atom. The molecule has 6 nitrogen and oxygen atoms in total. The van der Waals surface area contributed by atoms with Crippen LogP contribution >= 0.6 is 0 Å². The maximum Gasteiger partial charge on any atom is 0.422 e. The summed E-state index contributed by atoms with van der Waals surface area (Å²) < 4.78 is 43.6. The predicted molar refractivity (Wildman–Crippen MR) is 94.7 cm³/mol. The maximum absolute atomic E-state index is 12.3. The van der Waals surface area contributed by atoms with Crippen molar-refractivity contribution >= 4 is 5.91 Å². The van der Waals surface area contributed by atoms with Gasteiger partial charge in [0.15, 0.2) is 6.61 Å². The van der Waals surface area contributed by atoms with Crippen molar-refractivity contribution in [2.24, 2.45) is 0 Å². The first-order valence-corrected chi connectivity index (χ1v) is 8.37. The number of alkyl halides is 3. The van der Waals surface area contributed by atoms with Crippen molar-refractivity contribution < 1.29 is 22.7 Å². The average Bonchev–Trinajstić information content (AvgIpc) is 3.18. The average molecular weight is 390 g/mol. The first kappa shape index (κ1) is 19.4. The molecule has 1 N–H and O–H groups in total. The van der Waals surface area contributed by atoms with Crippen LogP contribution in [0.25, 0.3) is 0 Å². The number of pyridine rings is 1. The predicted octanol–water partition coefficient (Wildman–Crippen LogP) is 3.20. The number of amides is 1. The van der Waals surface area contributed by atoms with Crippen LogP contribution in [0.5, 0.6) is 5.88 Å². The third-order valence-electron chi connectivity index (χ3n) is 3.79. The number of halogens is 3. The Bertz CT molecular complexity index is 910. The zero-order chi connectivity index (χ0) is 20.0. The molecule has 2 aromatic heterocycles. The van der Waals surface area contributed by atoms with Crippen molar-refractivity contribution in [3.63, 3.8) is 0 Å². The zero-order valence-electron chi connectivity index (χ0n) is 14.7. The second kappa shape index (κ2) is 8.55. The van der Waals surface area contributed by atoms with Gasteiger partial charge in [-0.25, -0.2) is 9.97 Å². The number of carbonyl (C=O) groups is 1. The summed E-state index contributed by atoms with van der Waals surface area (Å²) in [6.45, 7) is -0.608. The van der Waals surface area contributed by atoms with Gasteiger partial charge in [-0.05, 0) is 23.3 Å². The van der Waals surface area contributed by atoms with E-state index in [0.29, 0.717) is 6.54 Å². The number of ether oxygens (including phenoxy) is 1. The molecule has 9 heteroatoms. The molecular formula is C19H17F3N4O2. The van der Waals surface area contributed by atoms with Crippen LogP contribution in [-0.4, -0.2) is 33.2 Å². The molecule has 0 saturated carbocycles. The lowest BCUT2D eigenvalue weighted by molar-refractivity contribution is -0.154. The van der Waals surface area contributed by atoms with Crippen LogP contribution in [0.3, 0.4) is 0 Å². The highest BCUT2D eigenvalue weighted by atomic mass is 19.4. The molecule has 3 aromatic rings. The number of carbonyl (C=O) groups excluding carboxylic acids is 1. The molecule has 0 atom stereocenters. The molecule has 3 rings (SSSR count). The minimum Gasteiger partial charge on any atom is -0.467 e. The lowest BCUT2D eigenvalue weighted by Crippen LogP contribution is -2.25. The van der Waals surface area contributed by atoms with Crippen molar-refractivity contribution in [1.29, 1.82) is 0 Å². The summed E-state index contributed by atoms with van der Waals surface area (Å²) in [5.41, 5.74) is 1.87. The van der Waals surface area contributed by atoms with E-state index in [0.717, 1.165) is 11.1 Å². The summed E-state index contributed by atoms with van der Waals surface area (Å²) in [6.07, 6.45) is 2.04. The molecule has 0 fully saturated rings. The van der Waals surface area contributed by atoms with E-state index < -0.39 is 18.7 Å². The van der Waals surface area contributed by atoms with Gasteiger partial charge in [-0.2, -0.15) is 13.2 Å². The fourth-order valence-corrected chi connectivity index (χ4v) is 2.46. The summed E-state index contributed by atoms with van der Waals surface area (Å²) in [7, 11) is 0. The van der Waals surface area contributed by atoms with Gasteiger partial charge in [0.05, 0.1) is 6.33 Å². The molecule has 0 aliphatic carbocycles.